The highest BCUT2D eigenvalue weighted by molar-refractivity contribution is 7.93. The second-order valence-electron chi connectivity index (χ2n) is 7.81. The van der Waals surface area contributed by atoms with Gasteiger partial charge in [0.15, 0.2) is 0 Å². The first-order valence-electron chi connectivity index (χ1n) is 11.5. The molecule has 0 unspecified atom stereocenters. The summed E-state index contributed by atoms with van der Waals surface area (Å²) in [7, 11) is -7.49. The van der Waals surface area contributed by atoms with Crippen molar-refractivity contribution in [3.63, 3.8) is 0 Å². The third-order valence-electron chi connectivity index (χ3n) is 5.28. The van der Waals surface area contributed by atoms with E-state index in [1.165, 1.54) is 52.8 Å². The Morgan fingerprint density at radius 3 is 2.11 bits per heavy atom. The molecule has 0 aliphatic heterocycles. The zero-order chi connectivity index (χ0) is 26.3. The second kappa shape index (κ2) is 11.9. The number of amides is 1. The second-order valence-corrected chi connectivity index (χ2v) is 12.5. The van der Waals surface area contributed by atoms with Crippen molar-refractivity contribution in [3.8, 4) is 0 Å². The molecule has 10 nitrogen and oxygen atoms in total. The van der Waals surface area contributed by atoms with Crippen molar-refractivity contribution in [2.75, 3.05) is 23.1 Å². The van der Waals surface area contributed by atoms with E-state index in [-0.39, 0.29) is 20.5 Å². The van der Waals surface area contributed by atoms with E-state index in [1.54, 1.807) is 6.92 Å². The molecule has 0 aliphatic carbocycles. The molecule has 13 heteroatoms. The Balaban J connectivity index is 1.67. The van der Waals surface area contributed by atoms with Crippen LogP contribution in [0.4, 0.5) is 10.8 Å². The molecule has 3 rings (SSSR count). The molecule has 36 heavy (non-hydrogen) atoms. The predicted molar refractivity (Wildman–Crippen MR) is 140 cm³/mol. The van der Waals surface area contributed by atoms with Gasteiger partial charge in [-0.05, 0) is 61.4 Å². The number of hydrogen-bond donors (Lipinski definition) is 2. The molecule has 1 aromatic heterocycles. The van der Waals surface area contributed by atoms with E-state index in [4.69, 9.17) is 0 Å². The maximum atomic E-state index is 12.9. The monoisotopic (exact) mass is 551 g/mol. The van der Waals surface area contributed by atoms with Crippen LogP contribution in [0.5, 0.6) is 0 Å². The Bertz CT molecular complexity index is 1390. The van der Waals surface area contributed by atoms with Gasteiger partial charge < -0.3 is 5.32 Å². The summed E-state index contributed by atoms with van der Waals surface area (Å²) >= 11 is 1.16. The van der Waals surface area contributed by atoms with Gasteiger partial charge in [-0.1, -0.05) is 38.5 Å². The van der Waals surface area contributed by atoms with Crippen LogP contribution in [0.1, 0.15) is 49.0 Å². The number of benzene rings is 2. The van der Waals surface area contributed by atoms with Gasteiger partial charge in [0.1, 0.15) is 5.01 Å². The summed E-state index contributed by atoms with van der Waals surface area (Å²) in [5.74, 6) is -0.452. The normalized spacial score (nSPS) is 12.0. The van der Waals surface area contributed by atoms with Crippen molar-refractivity contribution >= 4 is 48.1 Å². The van der Waals surface area contributed by atoms with Crippen LogP contribution in [0.2, 0.25) is 0 Å². The van der Waals surface area contributed by atoms with Gasteiger partial charge in [-0.15, -0.1) is 10.2 Å². The van der Waals surface area contributed by atoms with Crippen LogP contribution in [0.15, 0.2) is 58.3 Å². The van der Waals surface area contributed by atoms with E-state index in [2.05, 4.69) is 20.2 Å². The molecule has 3 aromatic rings. The van der Waals surface area contributed by atoms with Crippen LogP contribution in [-0.4, -0.2) is 50.3 Å². The highest BCUT2D eigenvalue weighted by atomic mass is 32.2. The molecule has 1 heterocycles. The summed E-state index contributed by atoms with van der Waals surface area (Å²) in [5.41, 5.74) is 0.656. The lowest BCUT2D eigenvalue weighted by molar-refractivity contribution is 0.102. The van der Waals surface area contributed by atoms with E-state index in [1.807, 2.05) is 13.8 Å². The minimum atomic E-state index is -3.86. The third kappa shape index (κ3) is 6.66. The largest absolute Gasteiger partial charge is 0.322 e. The van der Waals surface area contributed by atoms with E-state index in [9.17, 15) is 21.6 Å². The first-order valence-corrected chi connectivity index (χ1v) is 15.2. The smallest absolute Gasteiger partial charge is 0.263 e. The molecule has 2 N–H and O–H groups in total. The van der Waals surface area contributed by atoms with Gasteiger partial charge in [0.05, 0.1) is 9.79 Å². The molecular formula is C23H29N5O5S3. The van der Waals surface area contributed by atoms with Crippen molar-refractivity contribution in [3.05, 3.63) is 59.1 Å². The van der Waals surface area contributed by atoms with E-state index < -0.39 is 26.0 Å². The SMILES string of the molecule is CCCCN(CC)S(=O)(=O)c1ccc(C(=O)Nc2ccc(S(=O)(=O)Nc3nnc(CC)s3)cc2)cc1. The minimum Gasteiger partial charge on any atom is -0.322 e. The zero-order valence-electron chi connectivity index (χ0n) is 20.3. The van der Waals surface area contributed by atoms with Gasteiger partial charge >= 0.3 is 0 Å². The van der Waals surface area contributed by atoms with Crippen LogP contribution < -0.4 is 10.0 Å². The van der Waals surface area contributed by atoms with Crippen molar-refractivity contribution in [2.24, 2.45) is 0 Å². The number of aromatic nitrogens is 2. The van der Waals surface area contributed by atoms with Crippen LogP contribution in [0.25, 0.3) is 0 Å². The van der Waals surface area contributed by atoms with Gasteiger partial charge in [0, 0.05) is 24.3 Å². The summed E-state index contributed by atoms with van der Waals surface area (Å²) < 4.78 is 54.7. The summed E-state index contributed by atoms with van der Waals surface area (Å²) in [4.78, 5) is 12.8. The average molecular weight is 552 g/mol. The molecule has 194 valence electrons. The number of hydrogen-bond acceptors (Lipinski definition) is 8. The first kappa shape index (κ1) is 27.7. The van der Waals surface area contributed by atoms with Crippen LogP contribution >= 0.6 is 11.3 Å². The number of anilines is 2. The summed E-state index contributed by atoms with van der Waals surface area (Å²) in [5, 5.41) is 11.3. The van der Waals surface area contributed by atoms with Crippen LogP contribution in [0.3, 0.4) is 0 Å². The number of aryl methyl sites for hydroxylation is 1. The van der Waals surface area contributed by atoms with Gasteiger partial charge in [0.2, 0.25) is 15.2 Å². The molecule has 0 saturated carbocycles. The number of rotatable bonds is 12. The molecule has 0 atom stereocenters. The number of sulfonamides is 2. The summed E-state index contributed by atoms with van der Waals surface area (Å²) in [6.45, 7) is 6.50. The standard InChI is InChI=1S/C23H29N5O5S3/c1-4-7-16-28(6-3)36(32,33)20-12-8-17(9-13-20)22(29)24-18-10-14-19(15-11-18)35(30,31)27-23-26-25-21(5-2)34-23/h8-15H,4-7,16H2,1-3H3,(H,24,29)(H,26,27). The Labute approximate surface area is 215 Å². The molecule has 0 aliphatic rings. The quantitative estimate of drug-likeness (QED) is 0.347. The van der Waals surface area contributed by atoms with E-state index in [0.717, 1.165) is 29.2 Å². The Hall–Kier alpha value is -2.87. The Morgan fingerprint density at radius 1 is 0.917 bits per heavy atom. The van der Waals surface area contributed by atoms with E-state index in [0.29, 0.717) is 25.2 Å². The lowest BCUT2D eigenvalue weighted by atomic mass is 10.2. The maximum Gasteiger partial charge on any atom is 0.263 e. The van der Waals surface area contributed by atoms with Gasteiger partial charge in [-0.3, -0.25) is 9.52 Å². The zero-order valence-corrected chi connectivity index (χ0v) is 22.7. The number of nitrogens with zero attached hydrogens (tertiary/aromatic N) is 3. The fraction of sp³-hybridized carbons (Fsp3) is 0.348. The fourth-order valence-electron chi connectivity index (χ4n) is 3.24. The van der Waals surface area contributed by atoms with Crippen LogP contribution in [0, 0.1) is 0 Å². The van der Waals surface area contributed by atoms with Crippen molar-refractivity contribution in [1.29, 1.82) is 0 Å². The number of unbranched alkanes of at least 4 members (excludes halogenated alkanes) is 1. The Morgan fingerprint density at radius 2 is 1.56 bits per heavy atom. The molecule has 0 spiro atoms. The molecule has 1 amide bonds. The number of nitrogens with one attached hydrogen (secondary N) is 2. The van der Waals surface area contributed by atoms with Crippen molar-refractivity contribution in [1.82, 2.24) is 14.5 Å². The van der Waals surface area contributed by atoms with Crippen molar-refractivity contribution in [2.45, 2.75) is 49.8 Å². The molecule has 0 fully saturated rings. The minimum absolute atomic E-state index is 0.00635. The molecule has 0 radical (unpaired) electrons. The topological polar surface area (TPSA) is 138 Å². The third-order valence-corrected chi connectivity index (χ3v) is 9.74. The van der Waals surface area contributed by atoms with Crippen LogP contribution in [-0.2, 0) is 26.5 Å². The average Bonchev–Trinajstić information content (AvgIpc) is 3.31. The van der Waals surface area contributed by atoms with E-state index >= 15 is 0 Å². The predicted octanol–water partition coefficient (Wildman–Crippen LogP) is 3.96. The summed E-state index contributed by atoms with van der Waals surface area (Å²) in [6, 6.07) is 11.4. The highest BCUT2D eigenvalue weighted by Gasteiger charge is 2.23. The fourth-order valence-corrected chi connectivity index (χ4v) is 6.64. The molecule has 2 aromatic carbocycles. The van der Waals surface area contributed by atoms with Gasteiger partial charge in [0.25, 0.3) is 15.9 Å². The lowest BCUT2D eigenvalue weighted by Crippen LogP contribution is -2.31. The number of carbonyl (C=O) groups is 1. The summed E-state index contributed by atoms with van der Waals surface area (Å²) in [6.07, 6.45) is 2.31. The highest BCUT2D eigenvalue weighted by Crippen LogP contribution is 2.22. The lowest BCUT2D eigenvalue weighted by Gasteiger charge is -2.20. The van der Waals surface area contributed by atoms with Crippen molar-refractivity contribution < 1.29 is 21.6 Å². The molecule has 0 bridgehead atoms. The Kier molecular flexibility index (Phi) is 9.17. The first-order chi connectivity index (χ1) is 17.1. The number of carbonyl (C=O) groups excluding carboxylic acids is 1. The van der Waals surface area contributed by atoms with Gasteiger partial charge in [-0.25, -0.2) is 16.8 Å². The maximum absolute atomic E-state index is 12.9. The van der Waals surface area contributed by atoms with Gasteiger partial charge in [-0.2, -0.15) is 4.31 Å². The molecule has 0 saturated heterocycles. The molecular weight excluding hydrogens is 522 g/mol.